The molecule has 0 radical (unpaired) electrons. The van der Waals surface area contributed by atoms with E-state index in [4.69, 9.17) is 9.47 Å². The number of pyridine rings is 1. The fourth-order valence-corrected chi connectivity index (χ4v) is 2.88. The average Bonchev–Trinajstić information content (AvgIpc) is 2.53. The molecule has 1 fully saturated rings. The molecule has 1 atom stereocenters. The largest absolute Gasteiger partial charge is 0.464 e. The zero-order chi connectivity index (χ0) is 18.4. The standard InChI is InChI=1S/C18H27N3O4/c1-18(2,3)25-17(23)20-14-8-6-10-21(12-14)11-13-7-5-9-19-15(13)16(22)24-4/h5,7,9,14H,6,8,10-12H2,1-4H3,(H,20,23). The number of amides is 1. The van der Waals surface area contributed by atoms with E-state index in [9.17, 15) is 9.59 Å². The van der Waals surface area contributed by atoms with Gasteiger partial charge >= 0.3 is 12.1 Å². The summed E-state index contributed by atoms with van der Waals surface area (Å²) >= 11 is 0. The van der Waals surface area contributed by atoms with Crippen molar-refractivity contribution in [2.24, 2.45) is 0 Å². The molecule has 2 heterocycles. The Kier molecular flexibility index (Phi) is 6.36. The van der Waals surface area contributed by atoms with Crippen molar-refractivity contribution in [1.82, 2.24) is 15.2 Å². The SMILES string of the molecule is COC(=O)c1ncccc1CN1CCCC(NC(=O)OC(C)(C)C)C1. The number of rotatable bonds is 4. The van der Waals surface area contributed by atoms with Crippen LogP contribution in [0.2, 0.25) is 0 Å². The molecule has 1 aromatic rings. The number of aromatic nitrogens is 1. The van der Waals surface area contributed by atoms with Crippen LogP contribution in [0.4, 0.5) is 4.79 Å². The third-order valence-corrected chi connectivity index (χ3v) is 3.89. The topological polar surface area (TPSA) is 80.8 Å². The second-order valence-electron chi connectivity index (χ2n) is 7.22. The maximum atomic E-state index is 12.0. The van der Waals surface area contributed by atoms with E-state index in [1.807, 2.05) is 32.9 Å². The third-order valence-electron chi connectivity index (χ3n) is 3.89. The summed E-state index contributed by atoms with van der Waals surface area (Å²) in [6.45, 7) is 7.73. The Morgan fingerprint density at radius 1 is 1.40 bits per heavy atom. The Hall–Kier alpha value is -2.15. The summed E-state index contributed by atoms with van der Waals surface area (Å²) in [6.07, 6.45) is 3.07. The minimum absolute atomic E-state index is 0.0295. The number of carbonyl (C=O) groups is 2. The van der Waals surface area contributed by atoms with Gasteiger partial charge in [-0.2, -0.15) is 0 Å². The van der Waals surface area contributed by atoms with Crippen LogP contribution in [0, 0.1) is 0 Å². The zero-order valence-electron chi connectivity index (χ0n) is 15.4. The molecule has 25 heavy (non-hydrogen) atoms. The normalized spacial score (nSPS) is 18.5. The molecule has 2 rings (SSSR count). The number of methoxy groups -OCH3 is 1. The second-order valence-corrected chi connectivity index (χ2v) is 7.22. The lowest BCUT2D eigenvalue weighted by molar-refractivity contribution is 0.0470. The van der Waals surface area contributed by atoms with Crippen LogP contribution in [0.1, 0.15) is 49.7 Å². The van der Waals surface area contributed by atoms with E-state index >= 15 is 0 Å². The molecule has 1 amide bonds. The van der Waals surface area contributed by atoms with Crippen LogP contribution >= 0.6 is 0 Å². The average molecular weight is 349 g/mol. The van der Waals surface area contributed by atoms with Crippen molar-refractivity contribution in [3.8, 4) is 0 Å². The molecule has 0 saturated carbocycles. The molecule has 7 heteroatoms. The molecule has 0 aliphatic carbocycles. The Balaban J connectivity index is 1.96. The molecule has 138 valence electrons. The first-order valence-electron chi connectivity index (χ1n) is 8.52. The number of nitrogens with one attached hydrogen (secondary N) is 1. The molecule has 1 aliphatic heterocycles. The predicted molar refractivity (Wildman–Crippen MR) is 93.2 cm³/mol. The van der Waals surface area contributed by atoms with Gasteiger partial charge in [0.2, 0.25) is 0 Å². The maximum Gasteiger partial charge on any atom is 0.407 e. The van der Waals surface area contributed by atoms with Crippen molar-refractivity contribution >= 4 is 12.1 Å². The molecule has 1 unspecified atom stereocenters. The molecule has 1 N–H and O–H groups in total. The molecular formula is C18H27N3O4. The monoisotopic (exact) mass is 349 g/mol. The van der Waals surface area contributed by atoms with Crippen molar-refractivity contribution < 1.29 is 19.1 Å². The number of ether oxygens (including phenoxy) is 2. The lowest BCUT2D eigenvalue weighted by Gasteiger charge is -2.33. The van der Waals surface area contributed by atoms with Crippen LogP contribution in [0.5, 0.6) is 0 Å². The Labute approximate surface area is 148 Å². The number of hydrogen-bond acceptors (Lipinski definition) is 6. The van der Waals surface area contributed by atoms with Gasteiger partial charge < -0.3 is 14.8 Å². The molecule has 1 aliphatic rings. The summed E-state index contributed by atoms with van der Waals surface area (Å²) in [6, 6.07) is 3.72. The summed E-state index contributed by atoms with van der Waals surface area (Å²) < 4.78 is 10.1. The van der Waals surface area contributed by atoms with Crippen LogP contribution in [-0.4, -0.2) is 53.8 Å². The number of piperidine rings is 1. The van der Waals surface area contributed by atoms with Gasteiger partial charge in [0.1, 0.15) is 5.60 Å². The van der Waals surface area contributed by atoms with Gasteiger partial charge in [-0.25, -0.2) is 14.6 Å². The Morgan fingerprint density at radius 2 is 2.16 bits per heavy atom. The van der Waals surface area contributed by atoms with Crippen LogP contribution in [0.15, 0.2) is 18.3 Å². The van der Waals surface area contributed by atoms with Gasteiger partial charge in [0.15, 0.2) is 5.69 Å². The minimum atomic E-state index is -0.510. The number of hydrogen-bond donors (Lipinski definition) is 1. The van der Waals surface area contributed by atoms with Gasteiger partial charge in [0.25, 0.3) is 0 Å². The highest BCUT2D eigenvalue weighted by Crippen LogP contribution is 2.17. The van der Waals surface area contributed by atoms with E-state index < -0.39 is 17.7 Å². The number of esters is 1. The fourth-order valence-electron chi connectivity index (χ4n) is 2.88. The summed E-state index contributed by atoms with van der Waals surface area (Å²) in [4.78, 5) is 30.1. The number of nitrogens with zero attached hydrogens (tertiary/aromatic N) is 2. The highest BCUT2D eigenvalue weighted by Gasteiger charge is 2.25. The lowest BCUT2D eigenvalue weighted by atomic mass is 10.0. The fraction of sp³-hybridized carbons (Fsp3) is 0.611. The summed E-state index contributed by atoms with van der Waals surface area (Å²) in [5.74, 6) is -0.434. The van der Waals surface area contributed by atoms with Gasteiger partial charge in [0, 0.05) is 25.3 Å². The summed E-state index contributed by atoms with van der Waals surface area (Å²) in [5, 5.41) is 2.93. The Morgan fingerprint density at radius 3 is 2.84 bits per heavy atom. The van der Waals surface area contributed by atoms with Crippen molar-refractivity contribution in [2.75, 3.05) is 20.2 Å². The number of alkyl carbamates (subject to hydrolysis) is 1. The number of carbonyl (C=O) groups excluding carboxylic acids is 2. The highest BCUT2D eigenvalue weighted by atomic mass is 16.6. The van der Waals surface area contributed by atoms with Gasteiger partial charge in [-0.15, -0.1) is 0 Å². The quantitative estimate of drug-likeness (QED) is 0.841. The highest BCUT2D eigenvalue weighted by molar-refractivity contribution is 5.88. The van der Waals surface area contributed by atoms with E-state index in [2.05, 4.69) is 15.2 Å². The minimum Gasteiger partial charge on any atom is -0.464 e. The van der Waals surface area contributed by atoms with E-state index in [-0.39, 0.29) is 6.04 Å². The first-order valence-corrected chi connectivity index (χ1v) is 8.52. The van der Waals surface area contributed by atoms with Gasteiger partial charge in [-0.3, -0.25) is 4.90 Å². The van der Waals surface area contributed by atoms with E-state index in [0.29, 0.717) is 18.8 Å². The van der Waals surface area contributed by atoms with Crippen LogP contribution in [0.25, 0.3) is 0 Å². The molecule has 1 saturated heterocycles. The van der Waals surface area contributed by atoms with Crippen molar-refractivity contribution in [1.29, 1.82) is 0 Å². The zero-order valence-corrected chi connectivity index (χ0v) is 15.4. The molecule has 0 spiro atoms. The van der Waals surface area contributed by atoms with E-state index in [0.717, 1.165) is 24.9 Å². The van der Waals surface area contributed by atoms with Crippen molar-refractivity contribution in [2.45, 2.75) is 51.8 Å². The van der Waals surface area contributed by atoms with Crippen molar-refractivity contribution in [3.05, 3.63) is 29.6 Å². The first kappa shape index (κ1) is 19.2. The smallest absolute Gasteiger partial charge is 0.407 e. The van der Waals surface area contributed by atoms with Gasteiger partial charge in [-0.1, -0.05) is 6.07 Å². The number of likely N-dealkylation sites (tertiary alicyclic amines) is 1. The predicted octanol–water partition coefficient (Wildman–Crippen LogP) is 2.36. The summed E-state index contributed by atoms with van der Waals surface area (Å²) in [7, 11) is 1.35. The molecule has 0 bridgehead atoms. The maximum absolute atomic E-state index is 12.0. The van der Waals surface area contributed by atoms with Crippen molar-refractivity contribution in [3.63, 3.8) is 0 Å². The second kappa shape index (κ2) is 8.29. The van der Waals surface area contributed by atoms with Crippen LogP contribution < -0.4 is 5.32 Å². The van der Waals surface area contributed by atoms with E-state index in [1.165, 1.54) is 7.11 Å². The first-order chi connectivity index (χ1) is 11.8. The molecular weight excluding hydrogens is 322 g/mol. The van der Waals surface area contributed by atoms with Gasteiger partial charge in [0.05, 0.1) is 7.11 Å². The summed E-state index contributed by atoms with van der Waals surface area (Å²) in [5.41, 5.74) is 0.656. The molecule has 7 nitrogen and oxygen atoms in total. The Bertz CT molecular complexity index is 613. The van der Waals surface area contributed by atoms with Crippen LogP contribution in [0.3, 0.4) is 0 Å². The van der Waals surface area contributed by atoms with E-state index in [1.54, 1.807) is 6.20 Å². The lowest BCUT2D eigenvalue weighted by Crippen LogP contribution is -2.48. The third kappa shape index (κ3) is 6.01. The molecule has 0 aromatic carbocycles. The van der Waals surface area contributed by atoms with Gasteiger partial charge in [-0.05, 0) is 51.8 Å². The molecule has 1 aromatic heterocycles. The van der Waals surface area contributed by atoms with Crippen LogP contribution in [-0.2, 0) is 16.0 Å².